The monoisotopic (exact) mass is 499 g/mol. The van der Waals surface area contributed by atoms with Gasteiger partial charge in [0.25, 0.3) is 5.56 Å². The molecular weight excluding hydrogens is 469 g/mol. The van der Waals surface area contributed by atoms with E-state index >= 15 is 0 Å². The van der Waals surface area contributed by atoms with Crippen LogP contribution in [0.2, 0.25) is 0 Å². The first-order valence-electron chi connectivity index (χ1n) is 12.1. The summed E-state index contributed by atoms with van der Waals surface area (Å²) in [7, 11) is 1.63. The number of aromatic nitrogens is 4. The molecule has 0 saturated carbocycles. The highest BCUT2D eigenvalue weighted by atomic mass is 19.1. The molecule has 0 bridgehead atoms. The predicted octanol–water partition coefficient (Wildman–Crippen LogP) is 3.39. The van der Waals surface area contributed by atoms with Gasteiger partial charge in [-0.25, -0.2) is 9.37 Å². The Morgan fingerprint density at radius 1 is 1.22 bits per heavy atom. The lowest BCUT2D eigenvalue weighted by Gasteiger charge is -2.15. The Morgan fingerprint density at radius 2 is 1.95 bits per heavy atom. The summed E-state index contributed by atoms with van der Waals surface area (Å²) in [5.41, 5.74) is 4.02. The van der Waals surface area contributed by atoms with Gasteiger partial charge in [0.15, 0.2) is 0 Å². The van der Waals surface area contributed by atoms with Gasteiger partial charge < -0.3 is 13.9 Å². The molecule has 7 nitrogen and oxygen atoms in total. The van der Waals surface area contributed by atoms with E-state index in [1.807, 2.05) is 53.5 Å². The molecule has 2 aromatic heterocycles. The van der Waals surface area contributed by atoms with Crippen LogP contribution in [0.1, 0.15) is 43.1 Å². The maximum absolute atomic E-state index is 13.6. The van der Waals surface area contributed by atoms with Crippen LogP contribution in [0, 0.1) is 25.1 Å². The van der Waals surface area contributed by atoms with Crippen molar-refractivity contribution in [3.05, 3.63) is 98.9 Å². The van der Waals surface area contributed by atoms with Crippen molar-refractivity contribution in [1.29, 1.82) is 0 Å². The Labute approximate surface area is 215 Å². The standard InChI is InChI=1S/C26H26FN5O2.C3H4/c1-17-15-30(16-29-17)22-10-5-19(14-24(22)34-3)13-23-25(33)32(26-28-11-4-12-31(23)26)18(2)20-6-8-21(27)9-7-20;1-3-2/h5-10,13-16,18H,4,11-12H2,1-3H3;1H,2H3/b23-13-;. The number of ether oxygens (including phenoxy) is 1. The third-order valence-electron chi connectivity index (χ3n) is 6.22. The molecule has 2 aromatic carbocycles. The highest BCUT2D eigenvalue weighted by Gasteiger charge is 2.20. The zero-order valence-corrected chi connectivity index (χ0v) is 21.5. The maximum Gasteiger partial charge on any atom is 0.277 e. The number of imidazole rings is 2. The van der Waals surface area contributed by atoms with Gasteiger partial charge in [0.2, 0.25) is 5.62 Å². The van der Waals surface area contributed by atoms with E-state index in [9.17, 15) is 9.18 Å². The molecule has 0 radical (unpaired) electrons. The van der Waals surface area contributed by atoms with Crippen LogP contribution >= 0.6 is 0 Å². The first-order valence-corrected chi connectivity index (χ1v) is 12.1. The smallest absolute Gasteiger partial charge is 0.277 e. The molecule has 4 aromatic rings. The van der Waals surface area contributed by atoms with Crippen molar-refractivity contribution in [2.24, 2.45) is 4.99 Å². The largest absolute Gasteiger partial charge is 0.495 e. The highest BCUT2D eigenvalue weighted by molar-refractivity contribution is 5.58. The van der Waals surface area contributed by atoms with Crippen molar-refractivity contribution in [3.8, 4) is 23.8 Å². The third kappa shape index (κ3) is 5.26. The van der Waals surface area contributed by atoms with Gasteiger partial charge in [-0.15, -0.1) is 12.3 Å². The first-order chi connectivity index (χ1) is 17.9. The molecule has 0 aliphatic carbocycles. The summed E-state index contributed by atoms with van der Waals surface area (Å²) >= 11 is 0. The molecule has 5 rings (SSSR count). The van der Waals surface area contributed by atoms with E-state index in [0.29, 0.717) is 29.8 Å². The van der Waals surface area contributed by atoms with Crippen molar-refractivity contribution in [1.82, 2.24) is 18.7 Å². The van der Waals surface area contributed by atoms with Gasteiger partial charge in [-0.05, 0) is 68.7 Å². The molecule has 1 aliphatic heterocycles. The van der Waals surface area contributed by atoms with Crippen molar-refractivity contribution < 1.29 is 9.13 Å². The quantitative estimate of drug-likeness (QED) is 0.396. The van der Waals surface area contributed by atoms with Crippen molar-refractivity contribution in [2.45, 2.75) is 39.8 Å². The lowest BCUT2D eigenvalue weighted by atomic mass is 10.1. The van der Waals surface area contributed by atoms with E-state index in [1.165, 1.54) is 12.1 Å². The predicted molar refractivity (Wildman–Crippen MR) is 142 cm³/mol. The molecule has 37 heavy (non-hydrogen) atoms. The minimum Gasteiger partial charge on any atom is -0.495 e. The second-order valence-electron chi connectivity index (χ2n) is 8.76. The summed E-state index contributed by atoms with van der Waals surface area (Å²) in [6.07, 6.45) is 11.0. The van der Waals surface area contributed by atoms with E-state index < -0.39 is 0 Å². The number of halogens is 1. The van der Waals surface area contributed by atoms with Gasteiger partial charge in [-0.2, -0.15) is 0 Å². The molecule has 0 spiro atoms. The molecule has 8 heteroatoms. The number of benzene rings is 2. The molecule has 0 amide bonds. The number of hydrogen-bond acceptors (Lipinski definition) is 4. The fourth-order valence-corrected chi connectivity index (χ4v) is 4.44. The summed E-state index contributed by atoms with van der Waals surface area (Å²) in [5, 5.41) is 0.570. The Kier molecular flexibility index (Phi) is 7.73. The van der Waals surface area contributed by atoms with Crippen LogP contribution in [0.15, 0.2) is 64.8 Å². The Bertz CT molecular complexity index is 1620. The number of fused-ring (bicyclic) bond motifs is 1. The minimum atomic E-state index is -0.302. The van der Waals surface area contributed by atoms with Crippen LogP contribution in [0.3, 0.4) is 0 Å². The number of hydrogen-bond donors (Lipinski definition) is 0. The van der Waals surface area contributed by atoms with Crippen LogP contribution in [-0.4, -0.2) is 32.3 Å². The molecule has 3 heterocycles. The molecule has 1 unspecified atom stereocenters. The van der Waals surface area contributed by atoms with Crippen LogP contribution in [-0.2, 0) is 6.54 Å². The average molecular weight is 500 g/mol. The SMILES string of the molecule is C#CC.COc1cc(/C=c2/c(=O)n(C(C)c3ccc(F)cc3)c3n2CCCN=3)ccc1-n1cnc(C)c1. The van der Waals surface area contributed by atoms with Gasteiger partial charge in [0.05, 0.1) is 30.9 Å². The molecule has 0 fully saturated rings. The third-order valence-corrected chi connectivity index (χ3v) is 6.22. The molecule has 1 atom stereocenters. The van der Waals surface area contributed by atoms with Crippen LogP contribution in [0.5, 0.6) is 5.75 Å². The fraction of sp³-hybridized carbons (Fsp3) is 0.276. The Balaban J connectivity index is 0.00000102. The maximum atomic E-state index is 13.6. The van der Waals surface area contributed by atoms with Gasteiger partial charge in [-0.1, -0.05) is 18.2 Å². The summed E-state index contributed by atoms with van der Waals surface area (Å²) in [6.45, 7) is 6.91. The zero-order chi connectivity index (χ0) is 26.5. The van der Waals surface area contributed by atoms with Crippen LogP contribution < -0.4 is 21.3 Å². The highest BCUT2D eigenvalue weighted by Crippen LogP contribution is 2.25. The van der Waals surface area contributed by atoms with Gasteiger partial charge in [-0.3, -0.25) is 14.4 Å². The first kappa shape index (κ1) is 25.7. The van der Waals surface area contributed by atoms with Crippen molar-refractivity contribution in [2.75, 3.05) is 13.7 Å². The summed E-state index contributed by atoms with van der Waals surface area (Å²) in [4.78, 5) is 22.6. The molecule has 190 valence electrons. The van der Waals surface area contributed by atoms with Crippen LogP contribution in [0.4, 0.5) is 4.39 Å². The van der Waals surface area contributed by atoms with Crippen molar-refractivity contribution >= 4 is 6.08 Å². The number of nitrogens with zero attached hydrogens (tertiary/aromatic N) is 5. The van der Waals surface area contributed by atoms with Gasteiger partial charge in [0, 0.05) is 19.3 Å². The Morgan fingerprint density at radius 3 is 2.59 bits per heavy atom. The minimum absolute atomic E-state index is 0.120. The van der Waals surface area contributed by atoms with E-state index in [1.54, 1.807) is 37.1 Å². The van der Waals surface area contributed by atoms with E-state index in [-0.39, 0.29) is 17.4 Å². The summed E-state index contributed by atoms with van der Waals surface area (Å²) in [5.74, 6) is 2.63. The number of rotatable bonds is 5. The second kappa shape index (κ2) is 11.1. The number of terminal acetylenes is 1. The fourth-order valence-electron chi connectivity index (χ4n) is 4.44. The topological polar surface area (TPSA) is 66.3 Å². The average Bonchev–Trinajstić information content (AvgIpc) is 3.45. The van der Waals surface area contributed by atoms with Crippen LogP contribution in [0.25, 0.3) is 11.8 Å². The normalized spacial score (nSPS) is 13.6. The molecule has 0 N–H and O–H groups in total. The zero-order valence-electron chi connectivity index (χ0n) is 21.5. The molecule has 1 aliphatic rings. The lowest BCUT2D eigenvalue weighted by molar-refractivity contribution is 0.413. The number of methoxy groups -OCH3 is 1. The van der Waals surface area contributed by atoms with E-state index in [4.69, 9.17) is 4.74 Å². The summed E-state index contributed by atoms with van der Waals surface area (Å²) < 4.78 is 24.7. The van der Waals surface area contributed by atoms with Crippen molar-refractivity contribution in [3.63, 3.8) is 0 Å². The number of aryl methyl sites for hydroxylation is 1. The lowest BCUT2D eigenvalue weighted by Crippen LogP contribution is -2.35. The van der Waals surface area contributed by atoms with Gasteiger partial charge >= 0.3 is 0 Å². The van der Waals surface area contributed by atoms with E-state index in [2.05, 4.69) is 22.3 Å². The Hall–Kier alpha value is -4.38. The molecule has 0 saturated heterocycles. The second-order valence-corrected chi connectivity index (χ2v) is 8.76. The van der Waals surface area contributed by atoms with E-state index in [0.717, 1.165) is 28.9 Å². The molecular formula is C29H30FN5O2. The van der Waals surface area contributed by atoms with Gasteiger partial charge in [0.1, 0.15) is 16.9 Å². The summed E-state index contributed by atoms with van der Waals surface area (Å²) in [6, 6.07) is 11.8.